The monoisotopic (exact) mass is 1080 g/mol. The summed E-state index contributed by atoms with van der Waals surface area (Å²) in [5.41, 5.74) is 0. The molecule has 0 heterocycles. The first-order valence-corrected chi connectivity index (χ1v) is 32.1. The molecule has 9 nitrogen and oxygen atoms in total. The molecule has 0 rings (SSSR count). The second-order valence-electron chi connectivity index (χ2n) is 22.7. The molecule has 9 heteroatoms. The van der Waals surface area contributed by atoms with Crippen LogP contribution in [0.3, 0.4) is 0 Å². The van der Waals surface area contributed by atoms with Crippen molar-refractivity contribution in [3.63, 3.8) is 0 Å². The molecule has 77 heavy (non-hydrogen) atoms. The minimum atomic E-state index is -1.62. The van der Waals surface area contributed by atoms with Gasteiger partial charge in [0.25, 0.3) is 0 Å². The molecule has 0 aliphatic heterocycles. The zero-order valence-electron chi connectivity index (χ0n) is 50.8. The summed E-state index contributed by atoms with van der Waals surface area (Å²) in [5, 5.41) is 11.8. The quantitative estimate of drug-likeness (QED) is 0.0195. The van der Waals surface area contributed by atoms with Crippen molar-refractivity contribution in [3.05, 3.63) is 72.9 Å². The third-order valence-corrected chi connectivity index (χ3v) is 14.0. The number of hydrogen-bond acceptors (Lipinski definition) is 8. The first-order chi connectivity index (χ1) is 37.6. The number of hydrogen-bond donors (Lipinski definition) is 0. The minimum Gasteiger partial charge on any atom is -0.545 e. The standard InChI is InChI=1S/C68H121NO8/c1-6-8-10-12-14-16-18-20-22-23-24-25-26-27-28-29-30-31-32-33-34-35-36-37-38-39-40-41-42-43-45-47-49-51-53-55-57-59-66(71)77-64(63-76-68(67(72)73)74-61-60-69(3,4)5)62-75-65(70)58-56-54-52-50-48-46-44-21-19-17-15-13-11-9-7-2/h8,10,14,16,20,22,24-25,27-28,30-31,64,68H,6-7,9,11-13,15,17-19,21,23,26,29,32-63H2,1-5H3/b10-8-,16-14-,22-20-,25-24-,28-27-,31-30-. The van der Waals surface area contributed by atoms with E-state index >= 15 is 0 Å². The SMILES string of the molecule is CC/C=C\C/C=C\C/C=C\C/C=C\C/C=C\C/C=C\CCCCCCCCCCCCCCCCCCCCC(=O)OC(COC(=O)CCCCCCCCCCCCCCCCC)COC(OCC[N+](C)(C)C)C(=O)[O-]. The topological polar surface area (TPSA) is 111 Å². The highest BCUT2D eigenvalue weighted by Crippen LogP contribution is 2.17. The van der Waals surface area contributed by atoms with E-state index in [4.69, 9.17) is 18.9 Å². The van der Waals surface area contributed by atoms with Crippen LogP contribution < -0.4 is 5.11 Å². The third-order valence-electron chi connectivity index (χ3n) is 14.0. The Labute approximate surface area is 475 Å². The van der Waals surface area contributed by atoms with Gasteiger partial charge in [0.2, 0.25) is 0 Å². The summed E-state index contributed by atoms with van der Waals surface area (Å²) >= 11 is 0. The maximum atomic E-state index is 12.9. The van der Waals surface area contributed by atoms with Crippen LogP contribution in [0.2, 0.25) is 0 Å². The van der Waals surface area contributed by atoms with Crippen LogP contribution in [0.1, 0.15) is 284 Å². The van der Waals surface area contributed by atoms with Gasteiger partial charge < -0.3 is 33.3 Å². The summed E-state index contributed by atoms with van der Waals surface area (Å²) in [4.78, 5) is 37.3. The van der Waals surface area contributed by atoms with Crippen molar-refractivity contribution < 1.29 is 42.9 Å². The van der Waals surface area contributed by atoms with Gasteiger partial charge in [-0.2, -0.15) is 0 Å². The fourth-order valence-corrected chi connectivity index (χ4v) is 9.07. The van der Waals surface area contributed by atoms with Crippen molar-refractivity contribution >= 4 is 17.9 Å². The second kappa shape index (κ2) is 58.9. The third kappa shape index (κ3) is 60.2. The first kappa shape index (κ1) is 73.7. The average molecular weight is 1080 g/mol. The van der Waals surface area contributed by atoms with Crippen molar-refractivity contribution in [2.75, 3.05) is 47.5 Å². The number of allylic oxidation sites excluding steroid dienone is 12. The zero-order valence-corrected chi connectivity index (χ0v) is 50.8. The van der Waals surface area contributed by atoms with E-state index in [1.54, 1.807) is 0 Å². The second-order valence-corrected chi connectivity index (χ2v) is 22.7. The maximum absolute atomic E-state index is 12.9. The highest BCUT2D eigenvalue weighted by atomic mass is 16.7. The number of carboxylic acids is 1. The number of carbonyl (C=O) groups excluding carboxylic acids is 3. The van der Waals surface area contributed by atoms with Crippen molar-refractivity contribution in [3.8, 4) is 0 Å². The van der Waals surface area contributed by atoms with Crippen molar-refractivity contribution in [2.45, 2.75) is 296 Å². The van der Waals surface area contributed by atoms with E-state index in [0.29, 0.717) is 23.9 Å². The molecule has 0 saturated heterocycles. The van der Waals surface area contributed by atoms with E-state index in [0.717, 1.165) is 70.6 Å². The number of likely N-dealkylation sites (N-methyl/N-ethyl adjacent to an activating group) is 1. The fraction of sp³-hybridized carbons (Fsp3) is 0.779. The Balaban J connectivity index is 4.04. The predicted octanol–water partition coefficient (Wildman–Crippen LogP) is 18.0. The van der Waals surface area contributed by atoms with Gasteiger partial charge in [-0.05, 0) is 64.2 Å². The summed E-state index contributed by atoms with van der Waals surface area (Å²) in [6, 6.07) is 0. The molecule has 0 saturated carbocycles. The van der Waals surface area contributed by atoms with Crippen LogP contribution in [-0.2, 0) is 33.3 Å². The molecular weight excluding hydrogens is 959 g/mol. The molecule has 446 valence electrons. The van der Waals surface area contributed by atoms with Crippen molar-refractivity contribution in [1.29, 1.82) is 0 Å². The Bertz CT molecular complexity index is 1490. The number of unbranched alkanes of at least 4 members (excludes halogenated alkanes) is 32. The van der Waals surface area contributed by atoms with Crippen LogP contribution in [0.5, 0.6) is 0 Å². The Kier molecular flexibility index (Phi) is 56.4. The molecule has 0 aromatic heterocycles. The summed E-state index contributed by atoms with van der Waals surface area (Å²) in [7, 11) is 5.93. The number of rotatable bonds is 59. The molecule has 0 spiro atoms. The number of carbonyl (C=O) groups is 3. The summed E-state index contributed by atoms with van der Waals surface area (Å²) in [6.07, 6.45) is 74.0. The molecule has 0 aliphatic rings. The van der Waals surface area contributed by atoms with E-state index in [2.05, 4.69) is 86.8 Å². The largest absolute Gasteiger partial charge is 0.545 e. The van der Waals surface area contributed by atoms with Gasteiger partial charge in [-0.3, -0.25) is 9.59 Å². The molecule has 0 N–H and O–H groups in total. The average Bonchev–Trinajstić information content (AvgIpc) is 3.40. The molecular formula is C68H121NO8. The Hall–Kier alpha value is -3.27. The first-order valence-electron chi connectivity index (χ1n) is 32.1. The van der Waals surface area contributed by atoms with E-state index < -0.39 is 24.3 Å². The Morgan fingerprint density at radius 1 is 0.403 bits per heavy atom. The lowest BCUT2D eigenvalue weighted by Gasteiger charge is -2.26. The van der Waals surface area contributed by atoms with E-state index in [9.17, 15) is 19.5 Å². The van der Waals surface area contributed by atoms with Crippen LogP contribution >= 0.6 is 0 Å². The molecule has 0 aliphatic carbocycles. The van der Waals surface area contributed by atoms with Crippen molar-refractivity contribution in [1.82, 2.24) is 0 Å². The molecule has 0 radical (unpaired) electrons. The zero-order chi connectivity index (χ0) is 56.2. The van der Waals surface area contributed by atoms with Crippen LogP contribution in [0.15, 0.2) is 72.9 Å². The Morgan fingerprint density at radius 3 is 1.10 bits per heavy atom. The molecule has 0 fully saturated rings. The van der Waals surface area contributed by atoms with Gasteiger partial charge in [-0.1, -0.05) is 279 Å². The fourth-order valence-electron chi connectivity index (χ4n) is 9.07. The molecule has 0 aromatic rings. The summed E-state index contributed by atoms with van der Waals surface area (Å²) in [6.45, 7) is 4.66. The predicted molar refractivity (Wildman–Crippen MR) is 325 cm³/mol. The van der Waals surface area contributed by atoms with Gasteiger partial charge in [0.05, 0.1) is 40.3 Å². The van der Waals surface area contributed by atoms with Gasteiger partial charge in [-0.15, -0.1) is 0 Å². The normalized spacial score (nSPS) is 13.2. The molecule has 2 atom stereocenters. The highest BCUT2D eigenvalue weighted by molar-refractivity contribution is 5.70. The molecule has 0 amide bonds. The number of ether oxygens (including phenoxy) is 4. The Morgan fingerprint density at radius 2 is 0.740 bits per heavy atom. The van der Waals surface area contributed by atoms with Gasteiger partial charge in [0, 0.05) is 12.8 Å². The lowest BCUT2D eigenvalue weighted by Crippen LogP contribution is -2.44. The van der Waals surface area contributed by atoms with Crippen LogP contribution in [-0.4, -0.2) is 82.3 Å². The van der Waals surface area contributed by atoms with Gasteiger partial charge >= 0.3 is 11.9 Å². The maximum Gasteiger partial charge on any atom is 0.306 e. The summed E-state index contributed by atoms with van der Waals surface area (Å²) < 4.78 is 22.7. The number of esters is 2. The number of carboxylic acid groups (broad SMARTS) is 1. The lowest BCUT2D eigenvalue weighted by atomic mass is 10.0. The number of nitrogens with zero attached hydrogens (tertiary/aromatic N) is 1. The molecule has 0 aromatic carbocycles. The van der Waals surface area contributed by atoms with E-state index in [-0.39, 0.29) is 32.2 Å². The van der Waals surface area contributed by atoms with Crippen LogP contribution in [0.25, 0.3) is 0 Å². The lowest BCUT2D eigenvalue weighted by molar-refractivity contribution is -0.870. The van der Waals surface area contributed by atoms with Crippen LogP contribution in [0, 0.1) is 0 Å². The minimum absolute atomic E-state index is 0.149. The summed E-state index contributed by atoms with van der Waals surface area (Å²) in [5.74, 6) is -2.27. The number of aliphatic carboxylic acids is 1. The van der Waals surface area contributed by atoms with Crippen molar-refractivity contribution in [2.24, 2.45) is 0 Å². The van der Waals surface area contributed by atoms with Gasteiger partial charge in [0.1, 0.15) is 13.2 Å². The smallest absolute Gasteiger partial charge is 0.306 e. The molecule has 0 bridgehead atoms. The highest BCUT2D eigenvalue weighted by Gasteiger charge is 2.22. The van der Waals surface area contributed by atoms with E-state index in [1.807, 2.05) is 21.1 Å². The van der Waals surface area contributed by atoms with Crippen LogP contribution in [0.4, 0.5) is 0 Å². The van der Waals surface area contributed by atoms with Gasteiger partial charge in [-0.25, -0.2) is 0 Å². The van der Waals surface area contributed by atoms with Gasteiger partial charge in [0.15, 0.2) is 12.4 Å². The molecule has 2 unspecified atom stereocenters. The number of quaternary nitrogens is 1. The van der Waals surface area contributed by atoms with E-state index in [1.165, 1.54) is 180 Å².